The van der Waals surface area contributed by atoms with Crippen LogP contribution in [0.2, 0.25) is 0 Å². The van der Waals surface area contributed by atoms with Crippen molar-refractivity contribution in [2.45, 2.75) is 32.6 Å². The van der Waals surface area contributed by atoms with E-state index in [1.54, 1.807) is 0 Å². The topological polar surface area (TPSA) is 90.4 Å². The van der Waals surface area contributed by atoms with Crippen molar-refractivity contribution in [3.63, 3.8) is 0 Å². The number of rotatable bonds is 4. The second-order valence-corrected chi connectivity index (χ2v) is 5.62. The molecule has 0 saturated carbocycles. The zero-order chi connectivity index (χ0) is 16.4. The maximum Gasteiger partial charge on any atom is 0.312 e. The summed E-state index contributed by atoms with van der Waals surface area (Å²) in [6.45, 7) is 5.52. The Morgan fingerprint density at radius 2 is 1.77 bits per heavy atom. The highest BCUT2D eigenvalue weighted by Gasteiger charge is 2.20. The number of benzene rings is 1. The Morgan fingerprint density at radius 1 is 1.14 bits per heavy atom. The fourth-order valence-corrected chi connectivity index (χ4v) is 2.39. The van der Waals surface area contributed by atoms with Crippen molar-refractivity contribution in [1.82, 2.24) is 4.98 Å². The van der Waals surface area contributed by atoms with Crippen LogP contribution >= 0.6 is 0 Å². The predicted octanol–water partition coefficient (Wildman–Crippen LogP) is 3.06. The van der Waals surface area contributed by atoms with Crippen molar-refractivity contribution in [3.8, 4) is 16.9 Å². The smallest absolute Gasteiger partial charge is 0.312 e. The number of aromatic nitrogens is 1. The average molecular weight is 301 g/mol. The van der Waals surface area contributed by atoms with Crippen molar-refractivity contribution in [2.75, 3.05) is 0 Å². The van der Waals surface area contributed by atoms with Gasteiger partial charge in [-0.3, -0.25) is 9.59 Å². The summed E-state index contributed by atoms with van der Waals surface area (Å²) in [5.41, 5.74) is 1.66. The first-order valence-corrected chi connectivity index (χ1v) is 7.11. The van der Waals surface area contributed by atoms with Crippen molar-refractivity contribution in [3.05, 3.63) is 51.9 Å². The van der Waals surface area contributed by atoms with Gasteiger partial charge in [0.25, 0.3) is 5.56 Å². The Kier molecular flexibility index (Phi) is 4.35. The van der Waals surface area contributed by atoms with Gasteiger partial charge in [-0.2, -0.15) is 0 Å². The number of aromatic amines is 1. The maximum atomic E-state index is 11.9. The molecular weight excluding hydrogens is 282 g/mol. The summed E-state index contributed by atoms with van der Waals surface area (Å²) < 4.78 is 0. The van der Waals surface area contributed by atoms with Gasteiger partial charge in [-0.05, 0) is 30.0 Å². The van der Waals surface area contributed by atoms with Gasteiger partial charge >= 0.3 is 5.97 Å². The monoisotopic (exact) mass is 301 g/mol. The van der Waals surface area contributed by atoms with Crippen LogP contribution in [0, 0.1) is 0 Å². The Bertz CT molecular complexity index is 761. The highest BCUT2D eigenvalue weighted by molar-refractivity contribution is 5.78. The Labute approximate surface area is 128 Å². The second-order valence-electron chi connectivity index (χ2n) is 5.62. The number of H-pyrrole nitrogens is 1. The minimum atomic E-state index is -1.04. The lowest BCUT2D eigenvalue weighted by Crippen LogP contribution is -2.16. The molecule has 1 atom stereocenters. The molecule has 5 heteroatoms. The van der Waals surface area contributed by atoms with Crippen LogP contribution in [0.3, 0.4) is 0 Å². The van der Waals surface area contributed by atoms with E-state index in [4.69, 9.17) is 5.11 Å². The van der Waals surface area contributed by atoms with Gasteiger partial charge in [0.05, 0.1) is 5.92 Å². The predicted molar refractivity (Wildman–Crippen MR) is 84.3 cm³/mol. The van der Waals surface area contributed by atoms with Crippen LogP contribution in [-0.4, -0.2) is 21.2 Å². The van der Waals surface area contributed by atoms with Crippen LogP contribution in [0.25, 0.3) is 11.1 Å². The van der Waals surface area contributed by atoms with E-state index in [1.165, 1.54) is 13.0 Å². The number of aromatic hydroxyl groups is 1. The molecule has 0 saturated heterocycles. The molecule has 0 aliphatic carbocycles. The molecule has 3 N–H and O–H groups in total. The number of nitrogens with one attached hydrogen (secondary N) is 1. The molecule has 0 fully saturated rings. The van der Waals surface area contributed by atoms with Gasteiger partial charge in [0, 0.05) is 11.3 Å². The molecule has 2 aromatic rings. The minimum absolute atomic E-state index is 0.204. The van der Waals surface area contributed by atoms with Crippen molar-refractivity contribution < 1.29 is 15.0 Å². The molecule has 5 nitrogen and oxygen atoms in total. The zero-order valence-electron chi connectivity index (χ0n) is 12.8. The molecule has 0 bridgehead atoms. The van der Waals surface area contributed by atoms with E-state index in [0.29, 0.717) is 5.56 Å². The molecule has 1 unspecified atom stereocenters. The van der Waals surface area contributed by atoms with Crippen LogP contribution < -0.4 is 5.56 Å². The van der Waals surface area contributed by atoms with E-state index in [2.05, 4.69) is 4.98 Å². The van der Waals surface area contributed by atoms with Crippen molar-refractivity contribution in [2.24, 2.45) is 0 Å². The maximum absolute atomic E-state index is 11.9. The van der Waals surface area contributed by atoms with Crippen LogP contribution in [0.1, 0.15) is 43.9 Å². The van der Waals surface area contributed by atoms with Gasteiger partial charge in [0.1, 0.15) is 0 Å². The van der Waals surface area contributed by atoms with Crippen LogP contribution in [0.4, 0.5) is 0 Å². The van der Waals surface area contributed by atoms with Gasteiger partial charge in [-0.15, -0.1) is 0 Å². The molecule has 116 valence electrons. The third-order valence-electron chi connectivity index (χ3n) is 3.74. The van der Waals surface area contributed by atoms with Gasteiger partial charge in [0.15, 0.2) is 5.75 Å². The van der Waals surface area contributed by atoms with Crippen molar-refractivity contribution in [1.29, 1.82) is 0 Å². The summed E-state index contributed by atoms with van der Waals surface area (Å²) in [6, 6.07) is 9.00. The van der Waals surface area contributed by atoms with Crippen molar-refractivity contribution >= 4 is 5.97 Å². The molecule has 2 rings (SSSR count). The van der Waals surface area contributed by atoms with Gasteiger partial charge in [-0.25, -0.2) is 0 Å². The van der Waals surface area contributed by atoms with Crippen LogP contribution in [-0.2, 0) is 4.79 Å². The minimum Gasteiger partial charge on any atom is -0.503 e. The molecule has 0 aliphatic heterocycles. The second kappa shape index (κ2) is 6.05. The first-order chi connectivity index (χ1) is 10.3. The van der Waals surface area contributed by atoms with E-state index in [9.17, 15) is 14.7 Å². The van der Waals surface area contributed by atoms with Crippen LogP contribution in [0.15, 0.2) is 35.1 Å². The number of aliphatic carboxylic acids is 1. The number of carbonyl (C=O) groups is 1. The molecule has 0 aliphatic rings. The summed E-state index contributed by atoms with van der Waals surface area (Å²) in [5, 5.41) is 19.2. The molecular formula is C17H19NO4. The first-order valence-electron chi connectivity index (χ1n) is 7.11. The third kappa shape index (κ3) is 2.88. The van der Waals surface area contributed by atoms with Gasteiger partial charge < -0.3 is 15.2 Å². The lowest BCUT2D eigenvalue weighted by atomic mass is 9.91. The molecule has 1 heterocycles. The fraction of sp³-hybridized carbons (Fsp3) is 0.294. The summed E-state index contributed by atoms with van der Waals surface area (Å²) in [4.78, 5) is 25.5. The number of hydrogen-bond donors (Lipinski definition) is 3. The van der Waals surface area contributed by atoms with Gasteiger partial charge in [-0.1, -0.05) is 38.1 Å². The van der Waals surface area contributed by atoms with E-state index in [1.807, 2.05) is 38.1 Å². The summed E-state index contributed by atoms with van der Waals surface area (Å²) >= 11 is 0. The first kappa shape index (κ1) is 15.8. The molecule has 0 amide bonds. The molecule has 22 heavy (non-hydrogen) atoms. The summed E-state index contributed by atoms with van der Waals surface area (Å²) in [7, 11) is 0. The molecule has 0 radical (unpaired) electrons. The quantitative estimate of drug-likeness (QED) is 0.809. The van der Waals surface area contributed by atoms with E-state index in [-0.39, 0.29) is 11.6 Å². The largest absolute Gasteiger partial charge is 0.503 e. The lowest BCUT2D eigenvalue weighted by molar-refractivity contribution is -0.138. The average Bonchev–Trinajstić information content (AvgIpc) is 2.49. The Hall–Kier alpha value is -2.56. The Morgan fingerprint density at radius 3 is 2.36 bits per heavy atom. The van der Waals surface area contributed by atoms with E-state index in [0.717, 1.165) is 11.1 Å². The SMILES string of the molecule is CC(C)c1ccccc1-c1cc(C(C)C(=O)O)[nH]c(=O)c1O. The highest BCUT2D eigenvalue weighted by atomic mass is 16.4. The van der Waals surface area contributed by atoms with E-state index < -0.39 is 23.2 Å². The number of carboxylic acid groups (broad SMARTS) is 1. The Balaban J connectivity index is 2.71. The highest BCUT2D eigenvalue weighted by Crippen LogP contribution is 2.34. The number of hydrogen-bond acceptors (Lipinski definition) is 3. The standard InChI is InChI=1S/C17H19NO4/c1-9(2)11-6-4-5-7-12(11)13-8-14(10(3)17(21)22)18-16(20)15(13)19/h4-10,19H,1-3H3,(H,18,20)(H,21,22). The zero-order valence-corrected chi connectivity index (χ0v) is 12.8. The molecule has 1 aromatic heterocycles. The summed E-state index contributed by atoms with van der Waals surface area (Å²) in [6.07, 6.45) is 0. The normalized spacial score (nSPS) is 12.4. The molecule has 0 spiro atoms. The van der Waals surface area contributed by atoms with E-state index >= 15 is 0 Å². The number of pyridine rings is 1. The summed E-state index contributed by atoms with van der Waals surface area (Å²) in [5.74, 6) is -2.09. The van der Waals surface area contributed by atoms with Crippen LogP contribution in [0.5, 0.6) is 5.75 Å². The fourth-order valence-electron chi connectivity index (χ4n) is 2.39. The van der Waals surface area contributed by atoms with Gasteiger partial charge in [0.2, 0.25) is 0 Å². The lowest BCUT2D eigenvalue weighted by Gasteiger charge is -2.15. The third-order valence-corrected chi connectivity index (χ3v) is 3.74. The molecule has 1 aromatic carbocycles. The number of carboxylic acids is 1.